The number of nitrogens with zero attached hydrogens (tertiary/aromatic N) is 3. The third kappa shape index (κ3) is 6.18. The number of hydrogen-bond acceptors (Lipinski definition) is 9. The van der Waals surface area contributed by atoms with Crippen molar-refractivity contribution in [3.05, 3.63) is 42.1 Å². The normalized spacial score (nSPS) is 12.6. The highest BCUT2D eigenvalue weighted by Crippen LogP contribution is 2.26. The smallest absolute Gasteiger partial charge is 0.328 e. The molecule has 0 aliphatic heterocycles. The highest BCUT2D eigenvalue weighted by atomic mass is 19.1. The van der Waals surface area contributed by atoms with Gasteiger partial charge in [-0.3, -0.25) is 4.98 Å². The molecule has 0 spiro atoms. The SMILES string of the molecule is COC(=O)C(CCC(C)F)Nc1nc(NCc2ccc(OC)cc2OC)nc2cccnc12. The summed E-state index contributed by atoms with van der Waals surface area (Å²) in [4.78, 5) is 25.7. The number of alkyl halides is 1. The summed E-state index contributed by atoms with van der Waals surface area (Å²) in [5.41, 5.74) is 1.96. The molecule has 9 nitrogen and oxygen atoms in total. The van der Waals surface area contributed by atoms with Crippen LogP contribution in [0.3, 0.4) is 0 Å². The molecule has 33 heavy (non-hydrogen) atoms. The van der Waals surface area contributed by atoms with E-state index in [4.69, 9.17) is 14.2 Å². The Morgan fingerprint density at radius 3 is 2.64 bits per heavy atom. The van der Waals surface area contributed by atoms with Gasteiger partial charge in [0.2, 0.25) is 5.95 Å². The lowest BCUT2D eigenvalue weighted by molar-refractivity contribution is -0.141. The van der Waals surface area contributed by atoms with Crippen LogP contribution < -0.4 is 20.1 Å². The second kappa shape index (κ2) is 11.3. The summed E-state index contributed by atoms with van der Waals surface area (Å²) in [6.07, 6.45) is 1.01. The zero-order chi connectivity index (χ0) is 23.8. The van der Waals surface area contributed by atoms with Crippen LogP contribution in [0.4, 0.5) is 16.2 Å². The van der Waals surface area contributed by atoms with Crippen molar-refractivity contribution in [3.8, 4) is 11.5 Å². The van der Waals surface area contributed by atoms with E-state index in [1.807, 2.05) is 12.1 Å². The molecular weight excluding hydrogens is 429 g/mol. The molecule has 2 aromatic heterocycles. The highest BCUT2D eigenvalue weighted by molar-refractivity contribution is 5.88. The molecule has 176 valence electrons. The Bertz CT molecular complexity index is 1100. The molecule has 0 fully saturated rings. The van der Waals surface area contributed by atoms with Crippen LogP contribution in [0.25, 0.3) is 11.0 Å². The number of methoxy groups -OCH3 is 3. The van der Waals surface area contributed by atoms with Crippen molar-refractivity contribution in [1.29, 1.82) is 0 Å². The van der Waals surface area contributed by atoms with Crippen LogP contribution in [0.15, 0.2) is 36.5 Å². The molecule has 1 aromatic carbocycles. The number of fused-ring (bicyclic) bond motifs is 1. The summed E-state index contributed by atoms with van der Waals surface area (Å²) in [6, 6.07) is 8.30. The maximum Gasteiger partial charge on any atom is 0.328 e. The van der Waals surface area contributed by atoms with Gasteiger partial charge in [0.05, 0.1) is 33.0 Å². The van der Waals surface area contributed by atoms with Crippen LogP contribution in [0.2, 0.25) is 0 Å². The highest BCUT2D eigenvalue weighted by Gasteiger charge is 2.22. The predicted octanol–water partition coefficient (Wildman–Crippen LogP) is 3.75. The van der Waals surface area contributed by atoms with Crippen LogP contribution in [-0.2, 0) is 16.1 Å². The van der Waals surface area contributed by atoms with Gasteiger partial charge in [0.1, 0.15) is 23.1 Å². The summed E-state index contributed by atoms with van der Waals surface area (Å²) in [5, 5.41) is 6.25. The molecule has 3 aromatic rings. The maximum absolute atomic E-state index is 13.4. The largest absolute Gasteiger partial charge is 0.497 e. The van der Waals surface area contributed by atoms with Gasteiger partial charge in [0.25, 0.3) is 0 Å². The molecule has 2 N–H and O–H groups in total. The number of esters is 1. The molecule has 0 aliphatic carbocycles. The van der Waals surface area contributed by atoms with Gasteiger partial charge in [-0.1, -0.05) is 0 Å². The molecule has 0 saturated carbocycles. The second-order valence-electron chi connectivity index (χ2n) is 7.38. The molecule has 0 amide bonds. The van der Waals surface area contributed by atoms with E-state index in [2.05, 4.69) is 25.6 Å². The first kappa shape index (κ1) is 24.0. The lowest BCUT2D eigenvalue weighted by Crippen LogP contribution is -2.32. The van der Waals surface area contributed by atoms with Crippen LogP contribution in [0.5, 0.6) is 11.5 Å². The molecule has 2 heterocycles. The van der Waals surface area contributed by atoms with Crippen molar-refractivity contribution < 1.29 is 23.4 Å². The summed E-state index contributed by atoms with van der Waals surface area (Å²) in [5.74, 6) is 1.53. The summed E-state index contributed by atoms with van der Waals surface area (Å²) < 4.78 is 29.0. The molecule has 0 saturated heterocycles. The van der Waals surface area contributed by atoms with E-state index in [0.29, 0.717) is 40.8 Å². The van der Waals surface area contributed by atoms with Gasteiger partial charge in [0, 0.05) is 24.4 Å². The van der Waals surface area contributed by atoms with Crippen molar-refractivity contribution in [2.75, 3.05) is 32.0 Å². The first-order valence-electron chi connectivity index (χ1n) is 10.5. The fraction of sp³-hybridized carbons (Fsp3) is 0.391. The van der Waals surface area contributed by atoms with Gasteiger partial charge >= 0.3 is 5.97 Å². The molecule has 10 heteroatoms. The zero-order valence-electron chi connectivity index (χ0n) is 19.1. The topological polar surface area (TPSA) is 107 Å². The fourth-order valence-corrected chi connectivity index (χ4v) is 3.27. The van der Waals surface area contributed by atoms with Crippen molar-refractivity contribution in [1.82, 2.24) is 15.0 Å². The maximum atomic E-state index is 13.4. The average molecular weight is 458 g/mol. The number of ether oxygens (including phenoxy) is 3. The quantitative estimate of drug-likeness (QED) is 0.416. The average Bonchev–Trinajstić information content (AvgIpc) is 2.84. The molecule has 2 unspecified atom stereocenters. The van der Waals surface area contributed by atoms with Gasteiger partial charge in [-0.2, -0.15) is 4.98 Å². The number of halogens is 1. The van der Waals surface area contributed by atoms with Crippen molar-refractivity contribution >= 4 is 28.8 Å². The molecular formula is C23H28FN5O4. The number of pyridine rings is 1. The Hall–Kier alpha value is -3.69. The Balaban J connectivity index is 1.88. The predicted molar refractivity (Wildman–Crippen MR) is 123 cm³/mol. The fourth-order valence-electron chi connectivity index (χ4n) is 3.27. The van der Waals surface area contributed by atoms with E-state index < -0.39 is 18.2 Å². The molecule has 3 rings (SSSR count). The third-order valence-electron chi connectivity index (χ3n) is 5.04. The molecule has 0 bridgehead atoms. The number of hydrogen-bond donors (Lipinski definition) is 2. The number of benzene rings is 1. The van der Waals surface area contributed by atoms with Crippen LogP contribution in [0.1, 0.15) is 25.3 Å². The van der Waals surface area contributed by atoms with Gasteiger partial charge in [-0.25, -0.2) is 14.2 Å². The van der Waals surface area contributed by atoms with Crippen molar-refractivity contribution in [3.63, 3.8) is 0 Å². The molecule has 2 atom stereocenters. The van der Waals surface area contributed by atoms with Crippen molar-refractivity contribution in [2.45, 2.75) is 38.5 Å². The summed E-state index contributed by atoms with van der Waals surface area (Å²) >= 11 is 0. The second-order valence-corrected chi connectivity index (χ2v) is 7.38. The van der Waals surface area contributed by atoms with E-state index in [0.717, 1.165) is 5.56 Å². The Morgan fingerprint density at radius 1 is 1.12 bits per heavy atom. The Labute approximate surface area is 191 Å². The Morgan fingerprint density at radius 2 is 1.94 bits per heavy atom. The Kier molecular flexibility index (Phi) is 8.17. The van der Waals surface area contributed by atoms with Gasteiger partial charge in [0.15, 0.2) is 5.82 Å². The van der Waals surface area contributed by atoms with Crippen molar-refractivity contribution in [2.24, 2.45) is 0 Å². The first-order chi connectivity index (χ1) is 15.9. The van der Waals surface area contributed by atoms with Crippen LogP contribution in [-0.4, -0.2) is 54.5 Å². The van der Waals surface area contributed by atoms with Gasteiger partial charge in [-0.05, 0) is 44.0 Å². The van der Waals surface area contributed by atoms with Crippen LogP contribution >= 0.6 is 0 Å². The van der Waals surface area contributed by atoms with E-state index in [1.54, 1.807) is 38.6 Å². The number of carbonyl (C=O) groups excluding carboxylic acids is 1. The number of rotatable bonds is 11. The molecule has 0 aliphatic rings. The van der Waals surface area contributed by atoms with Crippen LogP contribution in [0, 0.1) is 0 Å². The summed E-state index contributed by atoms with van der Waals surface area (Å²) in [7, 11) is 4.47. The third-order valence-corrected chi connectivity index (χ3v) is 5.04. The number of nitrogens with one attached hydrogen (secondary N) is 2. The van der Waals surface area contributed by atoms with E-state index in [1.165, 1.54) is 14.0 Å². The first-order valence-corrected chi connectivity index (χ1v) is 10.5. The minimum Gasteiger partial charge on any atom is -0.497 e. The molecule has 0 radical (unpaired) electrons. The van der Waals surface area contributed by atoms with Gasteiger partial charge in [-0.15, -0.1) is 0 Å². The van der Waals surface area contributed by atoms with E-state index >= 15 is 0 Å². The van der Waals surface area contributed by atoms with E-state index in [-0.39, 0.29) is 12.8 Å². The van der Waals surface area contributed by atoms with Gasteiger partial charge < -0.3 is 24.8 Å². The minimum absolute atomic E-state index is 0.200. The number of carbonyl (C=O) groups is 1. The number of aromatic nitrogens is 3. The monoisotopic (exact) mass is 457 g/mol. The number of anilines is 2. The summed E-state index contributed by atoms with van der Waals surface area (Å²) in [6.45, 7) is 1.84. The standard InChI is InChI=1S/C23H28FN5O4/c1-14(24)7-10-18(22(30)33-4)27-21-20-17(6-5-11-25-20)28-23(29-21)26-13-15-8-9-16(31-2)12-19(15)32-3/h5-6,8-9,11-12,14,18H,7,10,13H2,1-4H3,(H2,26,27,28,29). The minimum atomic E-state index is -1.05. The van der Waals surface area contributed by atoms with E-state index in [9.17, 15) is 9.18 Å². The zero-order valence-corrected chi connectivity index (χ0v) is 19.1. The lowest BCUT2D eigenvalue weighted by atomic mass is 10.1. The lowest BCUT2D eigenvalue weighted by Gasteiger charge is -2.19.